The monoisotopic (exact) mass is 471 g/mol. The normalized spacial score (nSPS) is 14.2. The van der Waals surface area contributed by atoms with Gasteiger partial charge in [0.1, 0.15) is 10.6 Å². The lowest BCUT2D eigenvalue weighted by atomic mass is 9.97. The molecule has 0 bridgehead atoms. The van der Waals surface area contributed by atoms with E-state index in [1.54, 1.807) is 23.0 Å². The van der Waals surface area contributed by atoms with Gasteiger partial charge in [0.15, 0.2) is 5.16 Å². The molecule has 0 saturated carbocycles. The van der Waals surface area contributed by atoms with Gasteiger partial charge in [-0.15, -0.1) is 11.3 Å². The van der Waals surface area contributed by atoms with Crippen molar-refractivity contribution < 1.29 is 9.53 Å². The lowest BCUT2D eigenvalue weighted by molar-refractivity contribution is -0.119. The van der Waals surface area contributed by atoms with Gasteiger partial charge in [-0.25, -0.2) is 4.98 Å². The number of thiophene rings is 1. The predicted molar refractivity (Wildman–Crippen MR) is 132 cm³/mol. The third-order valence-electron chi connectivity index (χ3n) is 5.75. The summed E-state index contributed by atoms with van der Waals surface area (Å²) < 4.78 is 6.92. The number of benzene rings is 1. The fraction of sp³-hybridized carbons (Fsp3) is 0.458. The van der Waals surface area contributed by atoms with Gasteiger partial charge in [-0.3, -0.25) is 14.2 Å². The van der Waals surface area contributed by atoms with Crippen molar-refractivity contribution in [1.29, 1.82) is 0 Å². The highest BCUT2D eigenvalue weighted by Gasteiger charge is 2.23. The first-order valence-electron chi connectivity index (χ1n) is 11.2. The maximum absolute atomic E-state index is 13.7. The van der Waals surface area contributed by atoms with E-state index in [0.29, 0.717) is 5.16 Å². The maximum atomic E-state index is 13.7. The van der Waals surface area contributed by atoms with Crippen LogP contribution in [0.3, 0.4) is 0 Å². The summed E-state index contributed by atoms with van der Waals surface area (Å²) in [5.74, 6) is 0.895. The Kier molecular flexibility index (Phi) is 7.20. The summed E-state index contributed by atoms with van der Waals surface area (Å²) in [5.41, 5.74) is 1.84. The van der Waals surface area contributed by atoms with Crippen molar-refractivity contribution in [1.82, 2.24) is 14.9 Å². The van der Waals surface area contributed by atoms with Crippen LogP contribution in [-0.4, -0.2) is 34.4 Å². The number of methoxy groups -OCH3 is 1. The Morgan fingerprint density at radius 1 is 1.28 bits per heavy atom. The van der Waals surface area contributed by atoms with Crippen molar-refractivity contribution >= 4 is 39.2 Å². The topological polar surface area (TPSA) is 73.2 Å². The number of carbonyl (C=O) groups excluding carboxylic acids is 1. The number of nitrogens with zero attached hydrogens (tertiary/aromatic N) is 2. The van der Waals surface area contributed by atoms with Crippen LogP contribution in [0, 0.1) is 0 Å². The van der Waals surface area contributed by atoms with Gasteiger partial charge in [0.2, 0.25) is 5.91 Å². The fourth-order valence-corrected chi connectivity index (χ4v) is 6.32. The van der Waals surface area contributed by atoms with Crippen LogP contribution in [0.2, 0.25) is 0 Å². The Hall–Kier alpha value is -2.32. The summed E-state index contributed by atoms with van der Waals surface area (Å²) in [5, 5.41) is 4.32. The molecule has 1 amide bonds. The number of thioether (sulfide) groups is 1. The van der Waals surface area contributed by atoms with Gasteiger partial charge in [-0.1, -0.05) is 25.1 Å². The number of nitrogens with one attached hydrogen (secondary N) is 1. The van der Waals surface area contributed by atoms with Crippen LogP contribution in [0.15, 0.2) is 34.2 Å². The number of aryl methyl sites for hydroxylation is 2. The Morgan fingerprint density at radius 2 is 2.03 bits per heavy atom. The first-order valence-corrected chi connectivity index (χ1v) is 13.0. The minimum Gasteiger partial charge on any atom is -0.497 e. The molecule has 1 aromatic carbocycles. The van der Waals surface area contributed by atoms with Gasteiger partial charge in [0, 0.05) is 10.9 Å². The third-order valence-corrected chi connectivity index (χ3v) is 7.87. The van der Waals surface area contributed by atoms with Crippen molar-refractivity contribution in [3.05, 3.63) is 45.1 Å². The van der Waals surface area contributed by atoms with Crippen LogP contribution in [0.25, 0.3) is 15.9 Å². The molecule has 3 aromatic rings. The molecule has 4 rings (SSSR count). The minimum absolute atomic E-state index is 0.0444. The van der Waals surface area contributed by atoms with Crippen LogP contribution < -0.4 is 15.6 Å². The third kappa shape index (κ3) is 4.71. The van der Waals surface area contributed by atoms with Gasteiger partial charge < -0.3 is 10.1 Å². The molecule has 32 heavy (non-hydrogen) atoms. The van der Waals surface area contributed by atoms with Gasteiger partial charge in [0.25, 0.3) is 5.56 Å². The van der Waals surface area contributed by atoms with Gasteiger partial charge in [0.05, 0.1) is 23.9 Å². The molecule has 0 radical (unpaired) electrons. The molecule has 1 atom stereocenters. The zero-order valence-corrected chi connectivity index (χ0v) is 20.4. The molecular formula is C24H29N3O3S2. The van der Waals surface area contributed by atoms with Crippen LogP contribution >= 0.6 is 23.1 Å². The quantitative estimate of drug-likeness (QED) is 0.380. The summed E-state index contributed by atoms with van der Waals surface area (Å²) >= 11 is 2.94. The SMILES string of the molecule is CCCC(C)NC(=O)CSc1nc2sc3c(c2c(=O)n1-c1ccc(OC)cc1)CCCC3. The first-order chi connectivity index (χ1) is 15.5. The highest BCUT2D eigenvalue weighted by Crippen LogP contribution is 2.35. The van der Waals surface area contributed by atoms with Crippen LogP contribution in [0.5, 0.6) is 5.75 Å². The summed E-state index contributed by atoms with van der Waals surface area (Å²) in [4.78, 5) is 33.2. The van der Waals surface area contributed by atoms with E-state index in [4.69, 9.17) is 9.72 Å². The van der Waals surface area contributed by atoms with E-state index in [1.807, 2.05) is 31.2 Å². The van der Waals surface area contributed by atoms with E-state index >= 15 is 0 Å². The number of aromatic nitrogens is 2. The Morgan fingerprint density at radius 3 is 2.75 bits per heavy atom. The minimum atomic E-state index is -0.0539. The molecule has 170 valence electrons. The van der Waals surface area contributed by atoms with Crippen molar-refractivity contribution in [2.24, 2.45) is 0 Å². The Balaban J connectivity index is 1.74. The fourth-order valence-electron chi connectivity index (χ4n) is 4.19. The second kappa shape index (κ2) is 10.1. The number of rotatable bonds is 8. The molecule has 0 spiro atoms. The molecule has 0 saturated heterocycles. The second-order valence-electron chi connectivity index (χ2n) is 8.17. The number of ether oxygens (including phenoxy) is 1. The summed E-state index contributed by atoms with van der Waals surface area (Å²) in [6.45, 7) is 4.12. The lowest BCUT2D eigenvalue weighted by Gasteiger charge is -2.15. The summed E-state index contributed by atoms with van der Waals surface area (Å²) in [6, 6.07) is 7.53. The van der Waals surface area contributed by atoms with E-state index < -0.39 is 0 Å². The first kappa shape index (κ1) is 22.9. The molecule has 0 fully saturated rings. The average molecular weight is 472 g/mol. The maximum Gasteiger partial charge on any atom is 0.267 e. The van der Waals surface area contributed by atoms with Gasteiger partial charge in [-0.2, -0.15) is 0 Å². The number of hydrogen-bond donors (Lipinski definition) is 1. The van der Waals surface area contributed by atoms with Crippen molar-refractivity contribution in [2.45, 2.75) is 63.6 Å². The molecule has 1 aliphatic rings. The largest absolute Gasteiger partial charge is 0.497 e. The molecular weight excluding hydrogens is 442 g/mol. The highest BCUT2D eigenvalue weighted by atomic mass is 32.2. The van der Waals surface area contributed by atoms with E-state index in [-0.39, 0.29) is 23.3 Å². The van der Waals surface area contributed by atoms with E-state index in [2.05, 4.69) is 12.2 Å². The highest BCUT2D eigenvalue weighted by molar-refractivity contribution is 7.99. The smallest absolute Gasteiger partial charge is 0.267 e. The number of hydrogen-bond acceptors (Lipinski definition) is 6. The van der Waals surface area contributed by atoms with Crippen LogP contribution in [0.1, 0.15) is 50.0 Å². The van der Waals surface area contributed by atoms with E-state index in [0.717, 1.165) is 60.2 Å². The standard InChI is InChI=1S/C24H29N3O3S2/c1-4-7-15(2)25-20(28)14-31-24-26-22-21(18-8-5-6-9-19(18)32-22)23(29)27(24)16-10-12-17(30-3)13-11-16/h10-13,15H,4-9,14H2,1-3H3,(H,25,28). The zero-order valence-electron chi connectivity index (χ0n) is 18.8. The van der Waals surface area contributed by atoms with Gasteiger partial charge in [-0.05, 0) is 68.9 Å². The molecule has 1 unspecified atom stereocenters. The van der Waals surface area contributed by atoms with Crippen molar-refractivity contribution in [3.63, 3.8) is 0 Å². The average Bonchev–Trinajstić information content (AvgIpc) is 3.16. The molecule has 1 aliphatic carbocycles. The van der Waals surface area contributed by atoms with Crippen LogP contribution in [-0.2, 0) is 17.6 Å². The van der Waals surface area contributed by atoms with E-state index in [9.17, 15) is 9.59 Å². The molecule has 8 heteroatoms. The Labute approximate surface area is 196 Å². The Bertz CT molecular complexity index is 1170. The second-order valence-corrected chi connectivity index (χ2v) is 10.2. The van der Waals surface area contributed by atoms with Gasteiger partial charge >= 0.3 is 0 Å². The van der Waals surface area contributed by atoms with Crippen LogP contribution in [0.4, 0.5) is 0 Å². The number of carbonyl (C=O) groups is 1. The van der Waals surface area contributed by atoms with Crippen molar-refractivity contribution in [2.75, 3.05) is 12.9 Å². The molecule has 6 nitrogen and oxygen atoms in total. The molecule has 1 N–H and O–H groups in total. The van der Waals surface area contributed by atoms with E-state index in [1.165, 1.54) is 22.2 Å². The lowest BCUT2D eigenvalue weighted by Crippen LogP contribution is -2.34. The molecule has 0 aliphatic heterocycles. The molecule has 2 aromatic heterocycles. The number of amides is 1. The molecule has 2 heterocycles. The summed E-state index contributed by atoms with van der Waals surface area (Å²) in [6.07, 6.45) is 6.17. The predicted octanol–water partition coefficient (Wildman–Crippen LogP) is 4.73. The van der Waals surface area contributed by atoms with Crippen molar-refractivity contribution in [3.8, 4) is 11.4 Å². The summed E-state index contributed by atoms with van der Waals surface area (Å²) in [7, 11) is 1.62. The zero-order chi connectivity index (χ0) is 22.7. The number of fused-ring (bicyclic) bond motifs is 3.